The first-order valence-corrected chi connectivity index (χ1v) is 10.0. The van der Waals surface area contributed by atoms with Gasteiger partial charge in [0.2, 0.25) is 0 Å². The quantitative estimate of drug-likeness (QED) is 0.513. The lowest BCUT2D eigenvalue weighted by atomic mass is 9.78. The number of hydrogen-bond donors (Lipinski definition) is 1. The van der Waals surface area contributed by atoms with Crippen LogP contribution in [0.2, 0.25) is 0 Å². The zero-order valence-electron chi connectivity index (χ0n) is 15.7. The van der Waals surface area contributed by atoms with Crippen LogP contribution in [-0.2, 0) is 22.5 Å². The van der Waals surface area contributed by atoms with E-state index in [-0.39, 0.29) is 0 Å². The predicted octanol–water partition coefficient (Wildman–Crippen LogP) is 3.48. The second-order valence-electron chi connectivity index (χ2n) is 7.57. The largest absolute Gasteiger partial charge is 0.376 e. The summed E-state index contributed by atoms with van der Waals surface area (Å²) >= 11 is 0. The third-order valence-electron chi connectivity index (χ3n) is 5.76. The van der Waals surface area contributed by atoms with Crippen molar-refractivity contribution >= 4 is 0 Å². The Morgan fingerprint density at radius 1 is 1.11 bits per heavy atom. The summed E-state index contributed by atoms with van der Waals surface area (Å²) in [5.74, 6) is 1.98. The van der Waals surface area contributed by atoms with Crippen molar-refractivity contribution < 1.29 is 9.47 Å². The minimum atomic E-state index is 0.392. The lowest BCUT2D eigenvalue weighted by Gasteiger charge is -2.27. The summed E-state index contributed by atoms with van der Waals surface area (Å²) in [5, 5.41) is 13.9. The number of unbranched alkanes of at least 4 members (excludes halogenated alkanes) is 1. The lowest BCUT2D eigenvalue weighted by Crippen LogP contribution is -2.30. The van der Waals surface area contributed by atoms with Crippen LogP contribution >= 0.6 is 0 Å². The van der Waals surface area contributed by atoms with Crippen molar-refractivity contribution in [2.45, 2.75) is 57.3 Å². The van der Waals surface area contributed by atoms with Crippen molar-refractivity contribution in [1.29, 1.82) is 0 Å². The molecule has 4 rings (SSSR count). The maximum absolute atomic E-state index is 6.19. The second kappa shape index (κ2) is 9.24. The van der Waals surface area contributed by atoms with Gasteiger partial charge in [0.05, 0.1) is 25.4 Å². The summed E-state index contributed by atoms with van der Waals surface area (Å²) in [7, 11) is 0. The van der Waals surface area contributed by atoms with Gasteiger partial charge in [0, 0.05) is 12.3 Å². The zero-order valence-corrected chi connectivity index (χ0v) is 15.7. The van der Waals surface area contributed by atoms with Crippen LogP contribution in [0.1, 0.15) is 43.5 Å². The Morgan fingerprint density at radius 2 is 1.96 bits per heavy atom. The number of ether oxygens (including phenoxy) is 2. The Balaban J connectivity index is 1.20. The van der Waals surface area contributed by atoms with Crippen molar-refractivity contribution in [1.82, 2.24) is 20.6 Å². The monoisotopic (exact) mass is 368 g/mol. The van der Waals surface area contributed by atoms with Gasteiger partial charge in [-0.3, -0.25) is 0 Å². The van der Waals surface area contributed by atoms with Crippen molar-refractivity contribution in [2.75, 3.05) is 6.61 Å². The van der Waals surface area contributed by atoms with Gasteiger partial charge in [-0.1, -0.05) is 42.5 Å². The molecule has 6 nitrogen and oxygen atoms in total. The standard InChI is InChI=1S/C21H28N4O2/c1(2-7-11-21-22-24-25-23-21)6-10-17-18(20-13-12-19(17)27-20)15-26-14-16-8-4-3-5-9-16/h1,3-6,8-9,17-20H,2,7,10-15H2,(H,22,23,24,25)/b6-1-/t17-,18+,19-,20+/m0/s1. The molecule has 1 aromatic heterocycles. The van der Waals surface area contributed by atoms with Crippen LogP contribution in [0.15, 0.2) is 42.5 Å². The molecule has 144 valence electrons. The molecule has 0 aliphatic carbocycles. The number of rotatable bonds is 10. The zero-order chi connectivity index (χ0) is 18.3. The van der Waals surface area contributed by atoms with E-state index in [1.165, 1.54) is 18.4 Å². The summed E-state index contributed by atoms with van der Waals surface area (Å²) < 4.78 is 12.2. The number of H-pyrrole nitrogens is 1. The van der Waals surface area contributed by atoms with Crippen LogP contribution in [0.5, 0.6) is 0 Å². The molecule has 2 fully saturated rings. The Hall–Kier alpha value is -2.05. The number of nitrogens with zero attached hydrogens (tertiary/aromatic N) is 3. The number of allylic oxidation sites excluding steroid dienone is 2. The summed E-state index contributed by atoms with van der Waals surface area (Å²) in [6.45, 7) is 1.49. The SMILES string of the molecule is C(=C/C[C@H]1[C@@H](COCc2ccccc2)[C@H]2CC[C@@H]1O2)/CCCc1nnn[nH]1. The molecule has 27 heavy (non-hydrogen) atoms. The Morgan fingerprint density at radius 3 is 2.78 bits per heavy atom. The van der Waals surface area contributed by atoms with Gasteiger partial charge in [-0.25, -0.2) is 5.10 Å². The summed E-state index contributed by atoms with van der Waals surface area (Å²) in [5.41, 5.74) is 1.24. The highest BCUT2D eigenvalue weighted by molar-refractivity contribution is 5.13. The summed E-state index contributed by atoms with van der Waals surface area (Å²) in [6.07, 6.45) is 11.9. The second-order valence-corrected chi connectivity index (χ2v) is 7.57. The van der Waals surface area contributed by atoms with E-state index in [4.69, 9.17) is 9.47 Å². The Kier molecular flexibility index (Phi) is 6.27. The number of hydrogen-bond acceptors (Lipinski definition) is 5. The van der Waals surface area contributed by atoms with Crippen LogP contribution in [0.25, 0.3) is 0 Å². The summed E-state index contributed by atoms with van der Waals surface area (Å²) in [6, 6.07) is 10.4. The molecular weight excluding hydrogens is 340 g/mol. The fourth-order valence-electron chi connectivity index (χ4n) is 4.36. The fourth-order valence-corrected chi connectivity index (χ4v) is 4.36. The van der Waals surface area contributed by atoms with Gasteiger partial charge >= 0.3 is 0 Å². The molecule has 4 atom stereocenters. The number of benzene rings is 1. The molecule has 6 heteroatoms. The number of nitrogens with one attached hydrogen (secondary N) is 1. The molecule has 2 saturated heterocycles. The molecule has 2 aliphatic heterocycles. The highest BCUT2D eigenvalue weighted by Gasteiger charge is 2.48. The normalized spacial score (nSPS) is 27.0. The maximum Gasteiger partial charge on any atom is 0.148 e. The molecule has 2 aromatic rings. The molecule has 0 amide bonds. The Bertz CT molecular complexity index is 704. The van der Waals surface area contributed by atoms with Gasteiger partial charge in [0.25, 0.3) is 0 Å². The van der Waals surface area contributed by atoms with Gasteiger partial charge < -0.3 is 9.47 Å². The van der Waals surface area contributed by atoms with E-state index in [1.807, 2.05) is 6.07 Å². The van der Waals surface area contributed by atoms with E-state index in [0.29, 0.717) is 30.7 Å². The third kappa shape index (κ3) is 4.82. The van der Waals surface area contributed by atoms with E-state index < -0.39 is 0 Å². The number of aryl methyl sites for hydroxylation is 1. The molecule has 1 aromatic carbocycles. The van der Waals surface area contributed by atoms with E-state index >= 15 is 0 Å². The first-order valence-electron chi connectivity index (χ1n) is 10.0. The molecular formula is C21H28N4O2. The van der Waals surface area contributed by atoms with Crippen molar-refractivity contribution in [3.05, 3.63) is 53.9 Å². The van der Waals surface area contributed by atoms with Crippen LogP contribution < -0.4 is 0 Å². The molecule has 2 aliphatic rings. The number of aromatic amines is 1. The van der Waals surface area contributed by atoms with Gasteiger partial charge in [-0.2, -0.15) is 0 Å². The van der Waals surface area contributed by atoms with Crippen molar-refractivity contribution in [3.8, 4) is 0 Å². The predicted molar refractivity (Wildman–Crippen MR) is 102 cm³/mol. The molecule has 0 radical (unpaired) electrons. The molecule has 0 spiro atoms. The smallest absolute Gasteiger partial charge is 0.148 e. The van der Waals surface area contributed by atoms with Crippen LogP contribution in [0.4, 0.5) is 0 Å². The van der Waals surface area contributed by atoms with Crippen LogP contribution in [0.3, 0.4) is 0 Å². The van der Waals surface area contributed by atoms with E-state index in [1.54, 1.807) is 0 Å². The molecule has 0 unspecified atom stereocenters. The Labute approximate surface area is 160 Å². The van der Waals surface area contributed by atoms with Crippen LogP contribution in [-0.4, -0.2) is 39.4 Å². The highest BCUT2D eigenvalue weighted by Crippen LogP contribution is 2.45. The number of aromatic nitrogens is 4. The molecule has 2 bridgehead atoms. The minimum absolute atomic E-state index is 0.392. The van der Waals surface area contributed by atoms with E-state index in [2.05, 4.69) is 57.0 Å². The molecule has 1 N–H and O–H groups in total. The van der Waals surface area contributed by atoms with E-state index in [0.717, 1.165) is 38.1 Å². The third-order valence-corrected chi connectivity index (χ3v) is 5.76. The number of fused-ring (bicyclic) bond motifs is 2. The van der Waals surface area contributed by atoms with Gasteiger partial charge in [0.1, 0.15) is 5.82 Å². The average molecular weight is 368 g/mol. The van der Waals surface area contributed by atoms with Gasteiger partial charge in [-0.15, -0.1) is 5.10 Å². The van der Waals surface area contributed by atoms with Gasteiger partial charge in [0.15, 0.2) is 0 Å². The topological polar surface area (TPSA) is 72.9 Å². The lowest BCUT2D eigenvalue weighted by molar-refractivity contribution is 0.0419. The highest BCUT2D eigenvalue weighted by atomic mass is 16.5. The average Bonchev–Trinajstić information content (AvgIpc) is 3.44. The summed E-state index contributed by atoms with van der Waals surface area (Å²) in [4.78, 5) is 0. The van der Waals surface area contributed by atoms with Crippen molar-refractivity contribution in [3.63, 3.8) is 0 Å². The molecule has 0 saturated carbocycles. The first kappa shape index (κ1) is 18.3. The maximum atomic E-state index is 6.19. The first-order chi connectivity index (χ1) is 13.4. The minimum Gasteiger partial charge on any atom is -0.376 e. The fraction of sp³-hybridized carbons (Fsp3) is 0.571. The number of tetrazole rings is 1. The van der Waals surface area contributed by atoms with Gasteiger partial charge in [-0.05, 0) is 54.0 Å². The van der Waals surface area contributed by atoms with Crippen molar-refractivity contribution in [2.24, 2.45) is 11.8 Å². The van der Waals surface area contributed by atoms with E-state index in [9.17, 15) is 0 Å². The molecule has 3 heterocycles. The van der Waals surface area contributed by atoms with Crippen LogP contribution in [0, 0.1) is 11.8 Å².